The number of rotatable bonds is 8. The average Bonchev–Trinajstić information content (AvgIpc) is 2.60. The van der Waals surface area contributed by atoms with Gasteiger partial charge in [0.2, 0.25) is 5.95 Å². The molecule has 2 rings (SSSR count). The molecule has 7 nitrogen and oxygen atoms in total. The van der Waals surface area contributed by atoms with Crippen LogP contribution in [0.5, 0.6) is 11.5 Å². The second kappa shape index (κ2) is 8.54. The summed E-state index contributed by atoms with van der Waals surface area (Å²) < 4.78 is 10.6. The molecule has 0 amide bonds. The maximum Gasteiger partial charge on any atom is 0.247 e. The Morgan fingerprint density at radius 3 is 2.62 bits per heavy atom. The summed E-state index contributed by atoms with van der Waals surface area (Å²) in [5.41, 5.74) is 0.682. The summed E-state index contributed by atoms with van der Waals surface area (Å²) in [5.74, 6) is 2.25. The average molecular weight is 352 g/mol. The highest BCUT2D eigenvalue weighted by molar-refractivity contribution is 6.32. The third kappa shape index (κ3) is 4.38. The van der Waals surface area contributed by atoms with Crippen LogP contribution in [0.3, 0.4) is 0 Å². The molecule has 1 aromatic carbocycles. The molecule has 0 aliphatic heterocycles. The number of methoxy groups -OCH3 is 2. The predicted octanol–water partition coefficient (Wildman–Crippen LogP) is 3.52. The largest absolute Gasteiger partial charge is 0.495 e. The van der Waals surface area contributed by atoms with Crippen LogP contribution in [0.1, 0.15) is 19.8 Å². The molecule has 130 valence electrons. The third-order valence-corrected chi connectivity index (χ3v) is 3.77. The number of hydrogen-bond donors (Lipinski definition) is 1. The molecule has 0 bridgehead atoms. The van der Waals surface area contributed by atoms with Crippen LogP contribution < -0.4 is 19.7 Å². The second-order valence-corrected chi connectivity index (χ2v) is 5.64. The molecule has 1 heterocycles. The molecular weight excluding hydrogens is 330 g/mol. The zero-order valence-electron chi connectivity index (χ0n) is 14.3. The van der Waals surface area contributed by atoms with Gasteiger partial charge in [0.1, 0.15) is 11.5 Å². The molecule has 0 aliphatic rings. The normalized spacial score (nSPS) is 10.4. The van der Waals surface area contributed by atoms with Crippen LogP contribution in [0.2, 0.25) is 5.02 Å². The number of aromatic nitrogens is 3. The van der Waals surface area contributed by atoms with Gasteiger partial charge in [-0.25, -0.2) is 0 Å². The molecule has 0 radical (unpaired) electrons. The number of nitrogens with one attached hydrogen (secondary N) is 1. The molecule has 1 N–H and O–H groups in total. The molecule has 1 aromatic heterocycles. The molecule has 0 saturated heterocycles. The van der Waals surface area contributed by atoms with Crippen molar-refractivity contribution in [1.29, 1.82) is 0 Å². The number of anilines is 3. The predicted molar refractivity (Wildman–Crippen MR) is 95.8 cm³/mol. The van der Waals surface area contributed by atoms with Crippen molar-refractivity contribution in [3.8, 4) is 11.5 Å². The summed E-state index contributed by atoms with van der Waals surface area (Å²) in [6, 6.07) is 3.44. The first-order valence-corrected chi connectivity index (χ1v) is 8.06. The summed E-state index contributed by atoms with van der Waals surface area (Å²) in [5, 5.41) is 11.7. The molecule has 0 fully saturated rings. The van der Waals surface area contributed by atoms with Gasteiger partial charge in [-0.3, -0.25) is 0 Å². The summed E-state index contributed by atoms with van der Waals surface area (Å²) in [7, 11) is 5.08. The van der Waals surface area contributed by atoms with Gasteiger partial charge in [-0.05, 0) is 6.42 Å². The van der Waals surface area contributed by atoms with Crippen LogP contribution in [0.4, 0.5) is 17.5 Å². The van der Waals surface area contributed by atoms with Gasteiger partial charge in [0.25, 0.3) is 0 Å². The van der Waals surface area contributed by atoms with Crippen molar-refractivity contribution in [1.82, 2.24) is 15.2 Å². The van der Waals surface area contributed by atoms with Gasteiger partial charge in [0.05, 0.1) is 31.1 Å². The highest BCUT2D eigenvalue weighted by atomic mass is 35.5. The molecular formula is C16H22ClN5O2. The van der Waals surface area contributed by atoms with Gasteiger partial charge in [-0.15, -0.1) is 5.10 Å². The zero-order chi connectivity index (χ0) is 17.5. The maximum absolute atomic E-state index is 6.12. The Morgan fingerprint density at radius 1 is 1.21 bits per heavy atom. The van der Waals surface area contributed by atoms with Crippen LogP contribution in [-0.4, -0.2) is 43.0 Å². The van der Waals surface area contributed by atoms with E-state index in [1.165, 1.54) is 0 Å². The Labute approximate surface area is 147 Å². The maximum atomic E-state index is 6.12. The SMILES string of the molecule is CCCCN(C)c1nncc(Nc2cc(OC)c(Cl)cc2OC)n1. The van der Waals surface area contributed by atoms with Gasteiger partial charge in [0.15, 0.2) is 5.82 Å². The van der Waals surface area contributed by atoms with Gasteiger partial charge in [-0.1, -0.05) is 24.9 Å². The lowest BCUT2D eigenvalue weighted by molar-refractivity contribution is 0.405. The van der Waals surface area contributed by atoms with Crippen molar-refractivity contribution in [2.24, 2.45) is 0 Å². The van der Waals surface area contributed by atoms with Crippen molar-refractivity contribution in [2.45, 2.75) is 19.8 Å². The van der Waals surface area contributed by atoms with Crippen molar-refractivity contribution in [3.63, 3.8) is 0 Å². The number of benzene rings is 1. The van der Waals surface area contributed by atoms with E-state index in [1.807, 2.05) is 11.9 Å². The summed E-state index contributed by atoms with van der Waals surface area (Å²) in [4.78, 5) is 6.46. The Balaban J connectivity index is 2.25. The molecule has 8 heteroatoms. The van der Waals surface area contributed by atoms with Crippen LogP contribution in [0.15, 0.2) is 18.3 Å². The molecule has 2 aromatic rings. The highest BCUT2D eigenvalue weighted by Gasteiger charge is 2.12. The smallest absolute Gasteiger partial charge is 0.247 e. The fraction of sp³-hybridized carbons (Fsp3) is 0.438. The van der Waals surface area contributed by atoms with Crippen LogP contribution in [-0.2, 0) is 0 Å². The first-order valence-electron chi connectivity index (χ1n) is 7.68. The number of nitrogens with zero attached hydrogens (tertiary/aromatic N) is 4. The van der Waals surface area contributed by atoms with Crippen molar-refractivity contribution < 1.29 is 9.47 Å². The summed E-state index contributed by atoms with van der Waals surface area (Å²) in [6.45, 7) is 3.02. The lowest BCUT2D eigenvalue weighted by atomic mass is 10.2. The molecule has 24 heavy (non-hydrogen) atoms. The van der Waals surface area contributed by atoms with Gasteiger partial charge in [0, 0.05) is 25.7 Å². The molecule has 0 atom stereocenters. The van der Waals surface area contributed by atoms with Crippen LogP contribution in [0, 0.1) is 0 Å². The minimum atomic E-state index is 0.473. The number of halogens is 1. The monoisotopic (exact) mass is 351 g/mol. The van der Waals surface area contributed by atoms with Crippen molar-refractivity contribution in [2.75, 3.05) is 38.0 Å². The van der Waals surface area contributed by atoms with Gasteiger partial charge >= 0.3 is 0 Å². The van der Waals surface area contributed by atoms with E-state index >= 15 is 0 Å². The lowest BCUT2D eigenvalue weighted by Gasteiger charge is -2.17. The Kier molecular flexibility index (Phi) is 6.43. The third-order valence-electron chi connectivity index (χ3n) is 3.47. The minimum absolute atomic E-state index is 0.473. The second-order valence-electron chi connectivity index (χ2n) is 5.23. The van der Waals surface area contributed by atoms with E-state index < -0.39 is 0 Å². The molecule has 0 saturated carbocycles. The quantitative estimate of drug-likeness (QED) is 0.779. The van der Waals surface area contributed by atoms with Crippen molar-refractivity contribution >= 4 is 29.1 Å². The van der Waals surface area contributed by atoms with Crippen LogP contribution in [0.25, 0.3) is 0 Å². The van der Waals surface area contributed by atoms with E-state index in [2.05, 4.69) is 27.4 Å². The standard InChI is InChI=1S/C16H22ClN5O2/c1-5-6-7-22(2)16-20-15(10-18-21-16)19-12-9-13(23-3)11(17)8-14(12)24-4/h8-10H,5-7H2,1-4H3,(H,19,20,21). The van der Waals surface area contributed by atoms with Gasteiger partial charge in [-0.2, -0.15) is 10.1 Å². The van der Waals surface area contributed by atoms with E-state index in [4.69, 9.17) is 21.1 Å². The Bertz CT molecular complexity index is 684. The van der Waals surface area contributed by atoms with E-state index in [0.717, 1.165) is 19.4 Å². The number of unbranched alkanes of at least 4 members (excludes halogenated alkanes) is 1. The highest BCUT2D eigenvalue weighted by Crippen LogP contribution is 2.37. The van der Waals surface area contributed by atoms with E-state index in [0.29, 0.717) is 34.0 Å². The van der Waals surface area contributed by atoms with Gasteiger partial charge < -0.3 is 19.7 Å². The minimum Gasteiger partial charge on any atom is -0.495 e. The number of hydrogen-bond acceptors (Lipinski definition) is 7. The Morgan fingerprint density at radius 2 is 1.96 bits per heavy atom. The fourth-order valence-electron chi connectivity index (χ4n) is 2.11. The first kappa shape index (κ1) is 18.1. The first-order chi connectivity index (χ1) is 11.6. The van der Waals surface area contributed by atoms with Crippen LogP contribution >= 0.6 is 11.6 Å². The van der Waals surface area contributed by atoms with E-state index in [1.54, 1.807) is 32.5 Å². The van der Waals surface area contributed by atoms with E-state index in [-0.39, 0.29) is 0 Å². The van der Waals surface area contributed by atoms with E-state index in [9.17, 15) is 0 Å². The molecule has 0 spiro atoms. The zero-order valence-corrected chi connectivity index (χ0v) is 15.1. The summed E-state index contributed by atoms with van der Waals surface area (Å²) >= 11 is 6.12. The van der Waals surface area contributed by atoms with Crippen molar-refractivity contribution in [3.05, 3.63) is 23.4 Å². The Hall–Kier alpha value is -2.28. The molecule has 0 aliphatic carbocycles. The summed E-state index contributed by atoms with van der Waals surface area (Å²) in [6.07, 6.45) is 3.73. The topological polar surface area (TPSA) is 72.4 Å². The lowest BCUT2D eigenvalue weighted by Crippen LogP contribution is -2.21. The fourth-order valence-corrected chi connectivity index (χ4v) is 2.34. The molecule has 0 unspecified atom stereocenters. The number of ether oxygens (including phenoxy) is 2.